The molecule has 2 aromatic rings. The van der Waals surface area contributed by atoms with Gasteiger partial charge >= 0.3 is 0 Å². The average molecular weight is 245 g/mol. The smallest absolute Gasteiger partial charge is 0.167 e. The molecule has 2 rings (SSSR count). The van der Waals surface area contributed by atoms with Crippen LogP contribution in [0.1, 0.15) is 15.9 Å². The third kappa shape index (κ3) is 2.71. The Balaban J connectivity index is 2.15. The van der Waals surface area contributed by atoms with E-state index in [0.717, 1.165) is 0 Å². The average Bonchev–Trinajstić information content (AvgIpc) is 2.40. The number of nitrogens with zero attached hydrogens (tertiary/aromatic N) is 1. The first kappa shape index (κ1) is 12.2. The number of ether oxygens (including phenoxy) is 1. The molecule has 0 amide bonds. The fourth-order valence-electron chi connectivity index (χ4n) is 1.65. The number of ketones is 1. The summed E-state index contributed by atoms with van der Waals surface area (Å²) in [6, 6.07) is 7.80. The van der Waals surface area contributed by atoms with Gasteiger partial charge in [0.15, 0.2) is 17.3 Å². The number of rotatable bonds is 4. The van der Waals surface area contributed by atoms with E-state index in [-0.39, 0.29) is 18.0 Å². The number of aromatic nitrogens is 1. The number of benzene rings is 1. The van der Waals surface area contributed by atoms with E-state index in [9.17, 15) is 9.18 Å². The third-order valence-electron chi connectivity index (χ3n) is 2.58. The van der Waals surface area contributed by atoms with Gasteiger partial charge in [0.25, 0.3) is 0 Å². The summed E-state index contributed by atoms with van der Waals surface area (Å²) in [5.74, 6) is -0.352. The molecule has 0 atom stereocenters. The minimum absolute atomic E-state index is 0.0676. The van der Waals surface area contributed by atoms with Crippen molar-refractivity contribution < 1.29 is 13.9 Å². The lowest BCUT2D eigenvalue weighted by Gasteiger charge is -2.05. The zero-order chi connectivity index (χ0) is 13.0. The summed E-state index contributed by atoms with van der Waals surface area (Å²) in [6.07, 6.45) is 3.27. The lowest BCUT2D eigenvalue weighted by molar-refractivity contribution is 0.0993. The second kappa shape index (κ2) is 5.40. The zero-order valence-corrected chi connectivity index (χ0v) is 9.89. The molecule has 0 spiro atoms. The maximum atomic E-state index is 13.5. The van der Waals surface area contributed by atoms with Gasteiger partial charge in [-0.1, -0.05) is 6.07 Å². The van der Waals surface area contributed by atoms with E-state index in [1.807, 2.05) is 0 Å². The standard InChI is InChI=1S/C14H12FNO2/c1-18-14-3-2-10(8-12(14)15)9-13(17)11-4-6-16-7-5-11/h2-8H,9H2,1H3. The van der Waals surface area contributed by atoms with Crippen LogP contribution in [0, 0.1) is 5.82 Å². The molecule has 3 nitrogen and oxygen atoms in total. The van der Waals surface area contributed by atoms with Crippen molar-refractivity contribution in [3.63, 3.8) is 0 Å². The molecule has 4 heteroatoms. The Labute approximate surface area is 104 Å². The highest BCUT2D eigenvalue weighted by atomic mass is 19.1. The molecule has 0 unspecified atom stereocenters. The summed E-state index contributed by atoms with van der Waals surface area (Å²) in [4.78, 5) is 15.7. The molecule has 0 bridgehead atoms. The predicted molar refractivity (Wildman–Crippen MR) is 65.2 cm³/mol. The minimum Gasteiger partial charge on any atom is -0.494 e. The highest BCUT2D eigenvalue weighted by molar-refractivity contribution is 5.97. The second-order valence-corrected chi connectivity index (χ2v) is 3.80. The molecule has 92 valence electrons. The van der Waals surface area contributed by atoms with Crippen molar-refractivity contribution in [3.8, 4) is 5.75 Å². The molecule has 1 aromatic heterocycles. The maximum absolute atomic E-state index is 13.5. The van der Waals surface area contributed by atoms with Crippen LogP contribution in [0.3, 0.4) is 0 Å². The molecule has 0 N–H and O–H groups in total. The van der Waals surface area contributed by atoms with Gasteiger partial charge in [0.2, 0.25) is 0 Å². The van der Waals surface area contributed by atoms with Crippen molar-refractivity contribution >= 4 is 5.78 Å². The summed E-state index contributed by atoms with van der Waals surface area (Å²) in [6.45, 7) is 0. The highest BCUT2D eigenvalue weighted by Crippen LogP contribution is 2.18. The van der Waals surface area contributed by atoms with Crippen molar-refractivity contribution in [3.05, 3.63) is 59.7 Å². The van der Waals surface area contributed by atoms with Crippen LogP contribution in [0.5, 0.6) is 5.75 Å². The van der Waals surface area contributed by atoms with Crippen LogP contribution in [0.4, 0.5) is 4.39 Å². The highest BCUT2D eigenvalue weighted by Gasteiger charge is 2.09. The molecule has 0 radical (unpaired) electrons. The van der Waals surface area contributed by atoms with Gasteiger partial charge < -0.3 is 4.74 Å². The predicted octanol–water partition coefficient (Wildman–Crippen LogP) is 2.65. The molecule has 18 heavy (non-hydrogen) atoms. The second-order valence-electron chi connectivity index (χ2n) is 3.80. The summed E-state index contributed by atoms with van der Waals surface area (Å²) >= 11 is 0. The third-order valence-corrected chi connectivity index (χ3v) is 2.58. The first-order valence-corrected chi connectivity index (χ1v) is 5.46. The summed E-state index contributed by atoms with van der Waals surface area (Å²) < 4.78 is 18.3. The van der Waals surface area contributed by atoms with E-state index in [4.69, 9.17) is 4.74 Å². The minimum atomic E-state index is -0.461. The molecule has 0 aliphatic rings. The molecular formula is C14H12FNO2. The monoisotopic (exact) mass is 245 g/mol. The van der Waals surface area contributed by atoms with Crippen molar-refractivity contribution in [1.29, 1.82) is 0 Å². The van der Waals surface area contributed by atoms with Crippen molar-refractivity contribution in [2.24, 2.45) is 0 Å². The molecule has 0 saturated heterocycles. The van der Waals surface area contributed by atoms with Gasteiger partial charge in [-0.05, 0) is 29.8 Å². The van der Waals surface area contributed by atoms with Crippen LogP contribution in [0.2, 0.25) is 0 Å². The number of carbonyl (C=O) groups is 1. The van der Waals surface area contributed by atoms with Crippen molar-refractivity contribution in [2.75, 3.05) is 7.11 Å². The summed E-state index contributed by atoms with van der Waals surface area (Å²) in [5, 5.41) is 0. The SMILES string of the molecule is COc1ccc(CC(=O)c2ccncc2)cc1F. The van der Waals surface area contributed by atoms with Gasteiger partial charge in [0.05, 0.1) is 7.11 Å². The molecule has 0 aliphatic heterocycles. The lowest BCUT2D eigenvalue weighted by Crippen LogP contribution is -2.04. The molecule has 0 saturated carbocycles. The van der Waals surface area contributed by atoms with Crippen molar-refractivity contribution in [1.82, 2.24) is 4.98 Å². The summed E-state index contributed by atoms with van der Waals surface area (Å²) in [7, 11) is 1.40. The van der Waals surface area contributed by atoms with Gasteiger partial charge in [-0.2, -0.15) is 0 Å². The molecular weight excluding hydrogens is 233 g/mol. The van der Waals surface area contributed by atoms with Gasteiger partial charge in [-0.3, -0.25) is 9.78 Å². The Morgan fingerprint density at radius 3 is 2.61 bits per heavy atom. The van der Waals surface area contributed by atoms with E-state index in [1.165, 1.54) is 19.2 Å². The molecule has 0 fully saturated rings. The van der Waals surface area contributed by atoms with Gasteiger partial charge in [0.1, 0.15) is 0 Å². The molecule has 1 aromatic carbocycles. The number of methoxy groups -OCH3 is 1. The molecule has 0 aliphatic carbocycles. The van der Waals surface area contributed by atoms with Crippen molar-refractivity contribution in [2.45, 2.75) is 6.42 Å². The largest absolute Gasteiger partial charge is 0.494 e. The summed E-state index contributed by atoms with van der Waals surface area (Å²) in [5.41, 5.74) is 1.19. The van der Waals surface area contributed by atoms with E-state index in [0.29, 0.717) is 11.1 Å². The van der Waals surface area contributed by atoms with E-state index in [1.54, 1.807) is 30.6 Å². The Hall–Kier alpha value is -2.23. The van der Waals surface area contributed by atoms with Crippen LogP contribution in [0.25, 0.3) is 0 Å². The fourth-order valence-corrected chi connectivity index (χ4v) is 1.65. The van der Waals surface area contributed by atoms with Gasteiger partial charge in [-0.15, -0.1) is 0 Å². The van der Waals surface area contributed by atoms with Gasteiger partial charge in [-0.25, -0.2) is 4.39 Å². The lowest BCUT2D eigenvalue weighted by atomic mass is 10.0. The van der Waals surface area contributed by atoms with Crippen LogP contribution in [-0.4, -0.2) is 17.9 Å². The van der Waals surface area contributed by atoms with Gasteiger partial charge in [0, 0.05) is 24.4 Å². The fraction of sp³-hybridized carbons (Fsp3) is 0.143. The number of pyridine rings is 1. The van der Waals surface area contributed by atoms with Crippen LogP contribution >= 0.6 is 0 Å². The van der Waals surface area contributed by atoms with E-state index in [2.05, 4.69) is 4.98 Å². The van der Waals surface area contributed by atoms with E-state index < -0.39 is 5.82 Å². The Bertz CT molecular complexity index is 555. The normalized spacial score (nSPS) is 10.1. The Morgan fingerprint density at radius 2 is 2.00 bits per heavy atom. The number of Topliss-reactive ketones (excluding diaryl/α,β-unsaturated/α-hetero) is 1. The van der Waals surface area contributed by atoms with E-state index >= 15 is 0 Å². The topological polar surface area (TPSA) is 39.2 Å². The van der Waals surface area contributed by atoms with Crippen LogP contribution in [-0.2, 0) is 6.42 Å². The quantitative estimate of drug-likeness (QED) is 0.777. The maximum Gasteiger partial charge on any atom is 0.167 e. The molecule has 1 heterocycles. The first-order chi connectivity index (χ1) is 8.70. The van der Waals surface area contributed by atoms with Crippen LogP contribution < -0.4 is 4.74 Å². The number of carbonyl (C=O) groups excluding carboxylic acids is 1. The zero-order valence-electron chi connectivity index (χ0n) is 9.89. The Kier molecular flexibility index (Phi) is 3.67. The number of hydrogen-bond acceptors (Lipinski definition) is 3. The Morgan fingerprint density at radius 1 is 1.28 bits per heavy atom. The number of hydrogen-bond donors (Lipinski definition) is 0. The number of halogens is 1. The first-order valence-electron chi connectivity index (χ1n) is 5.46. The van der Waals surface area contributed by atoms with Crippen LogP contribution in [0.15, 0.2) is 42.7 Å².